The predicted octanol–water partition coefficient (Wildman–Crippen LogP) is 5.72. The van der Waals surface area contributed by atoms with E-state index in [1.165, 1.54) is 9.79 Å². The Bertz CT molecular complexity index is 1210. The van der Waals surface area contributed by atoms with E-state index in [-0.39, 0.29) is 5.75 Å². The number of fused-ring (bicyclic) bond motifs is 5. The van der Waals surface area contributed by atoms with E-state index in [1.54, 1.807) is 0 Å². The van der Waals surface area contributed by atoms with Crippen LogP contribution in [0.15, 0.2) is 112 Å². The fourth-order valence-electron chi connectivity index (χ4n) is 4.60. The Labute approximate surface area is 184 Å². The van der Waals surface area contributed by atoms with Crippen LogP contribution in [0.2, 0.25) is 0 Å². The van der Waals surface area contributed by atoms with Crippen molar-refractivity contribution in [3.05, 3.63) is 108 Å². The monoisotopic (exact) mass is 425 g/mol. The molecule has 0 amide bonds. The van der Waals surface area contributed by atoms with E-state index in [2.05, 4.69) is 42.5 Å². The van der Waals surface area contributed by atoms with E-state index in [0.29, 0.717) is 13.2 Å². The zero-order chi connectivity index (χ0) is 20.8. The second-order valence-corrected chi connectivity index (χ2v) is 9.65. The van der Waals surface area contributed by atoms with E-state index in [1.807, 2.05) is 54.6 Å². The summed E-state index contributed by atoms with van der Waals surface area (Å²) in [5.74, 6) is -0.652. The predicted molar refractivity (Wildman–Crippen MR) is 121 cm³/mol. The highest BCUT2D eigenvalue weighted by atomic mass is 32.2. The van der Waals surface area contributed by atoms with Gasteiger partial charge in [0, 0.05) is 17.2 Å². The first kappa shape index (κ1) is 18.7. The molecule has 1 aliphatic carbocycles. The summed E-state index contributed by atoms with van der Waals surface area (Å²) in [6.07, 6.45) is 0. The quantitative estimate of drug-likeness (QED) is 0.427. The molecular formula is C27H21O3S+. The van der Waals surface area contributed by atoms with Gasteiger partial charge in [0.15, 0.2) is 15.5 Å². The Hall–Kier alpha value is -3.05. The molecule has 4 aromatic rings. The molecule has 1 fully saturated rings. The molecule has 0 atom stereocenters. The van der Waals surface area contributed by atoms with Crippen molar-refractivity contribution < 1.29 is 14.6 Å². The van der Waals surface area contributed by atoms with Gasteiger partial charge in [-0.1, -0.05) is 60.7 Å². The average molecular weight is 426 g/mol. The lowest BCUT2D eigenvalue weighted by atomic mass is 10.0. The van der Waals surface area contributed by atoms with Gasteiger partial charge in [0.25, 0.3) is 0 Å². The van der Waals surface area contributed by atoms with Crippen LogP contribution in [0.4, 0.5) is 0 Å². The summed E-state index contributed by atoms with van der Waals surface area (Å²) in [5, 5.41) is 11.3. The summed E-state index contributed by atoms with van der Waals surface area (Å²) in [5.41, 5.74) is 4.07. The first-order valence-corrected chi connectivity index (χ1v) is 11.6. The zero-order valence-electron chi connectivity index (χ0n) is 16.8. The van der Waals surface area contributed by atoms with E-state index in [4.69, 9.17) is 9.47 Å². The van der Waals surface area contributed by atoms with Gasteiger partial charge in [-0.25, -0.2) is 0 Å². The van der Waals surface area contributed by atoms with Crippen LogP contribution in [-0.4, -0.2) is 18.3 Å². The van der Waals surface area contributed by atoms with Gasteiger partial charge in [-0.3, -0.25) is 0 Å². The lowest BCUT2D eigenvalue weighted by Gasteiger charge is -2.24. The molecule has 0 aromatic heterocycles. The summed E-state index contributed by atoms with van der Waals surface area (Å²) in [7, 11) is -0.440. The number of rotatable bonds is 3. The third-order valence-electron chi connectivity index (χ3n) is 5.90. The van der Waals surface area contributed by atoms with E-state index >= 15 is 0 Å². The summed E-state index contributed by atoms with van der Waals surface area (Å²) in [6, 6.07) is 32.9. The third kappa shape index (κ3) is 2.83. The number of aromatic hydroxyl groups is 1. The normalized spacial score (nSPS) is 15.9. The SMILES string of the molecule is Oc1cc2c(cc1[S+](c1ccccc1)c1ccccc1)-c1ccccc1C21OCCO1. The number of ether oxygens (including phenoxy) is 2. The largest absolute Gasteiger partial charge is 0.503 e. The highest BCUT2D eigenvalue weighted by Gasteiger charge is 2.50. The van der Waals surface area contributed by atoms with Crippen molar-refractivity contribution in [3.63, 3.8) is 0 Å². The molecule has 31 heavy (non-hydrogen) atoms. The number of benzene rings is 4. The van der Waals surface area contributed by atoms with Crippen molar-refractivity contribution >= 4 is 10.9 Å². The minimum atomic E-state index is -0.917. The van der Waals surface area contributed by atoms with E-state index < -0.39 is 16.7 Å². The molecule has 1 heterocycles. The van der Waals surface area contributed by atoms with Crippen LogP contribution >= 0.6 is 0 Å². The molecule has 0 saturated carbocycles. The maximum absolute atomic E-state index is 11.3. The van der Waals surface area contributed by atoms with Crippen molar-refractivity contribution in [2.45, 2.75) is 20.5 Å². The van der Waals surface area contributed by atoms with Gasteiger partial charge in [-0.2, -0.15) is 0 Å². The second-order valence-electron chi connectivity index (χ2n) is 7.66. The minimum absolute atomic E-state index is 0.265. The summed E-state index contributed by atoms with van der Waals surface area (Å²) in [4.78, 5) is 3.23. The molecule has 1 N–H and O–H groups in total. The molecule has 1 saturated heterocycles. The molecule has 2 aliphatic rings. The van der Waals surface area contributed by atoms with Crippen molar-refractivity contribution in [1.82, 2.24) is 0 Å². The molecule has 0 radical (unpaired) electrons. The van der Waals surface area contributed by atoms with Gasteiger partial charge in [-0.05, 0) is 41.5 Å². The first-order valence-electron chi connectivity index (χ1n) is 10.4. The number of hydrogen-bond acceptors (Lipinski definition) is 3. The summed E-state index contributed by atoms with van der Waals surface area (Å²) >= 11 is 0. The Morgan fingerprint density at radius 3 is 1.87 bits per heavy atom. The molecule has 1 aliphatic heterocycles. The Morgan fingerprint density at radius 1 is 0.645 bits per heavy atom. The van der Waals surface area contributed by atoms with Crippen molar-refractivity contribution in [3.8, 4) is 16.9 Å². The smallest absolute Gasteiger partial charge is 0.223 e. The molecule has 6 rings (SSSR count). The molecule has 152 valence electrons. The lowest BCUT2D eigenvalue weighted by Crippen LogP contribution is -2.25. The summed E-state index contributed by atoms with van der Waals surface area (Å²) < 4.78 is 12.3. The summed E-state index contributed by atoms with van der Waals surface area (Å²) in [6.45, 7) is 1.07. The maximum Gasteiger partial charge on any atom is 0.223 e. The highest BCUT2D eigenvalue weighted by Crippen LogP contribution is 2.54. The van der Waals surface area contributed by atoms with Crippen LogP contribution in [0.25, 0.3) is 11.1 Å². The highest BCUT2D eigenvalue weighted by molar-refractivity contribution is 7.97. The van der Waals surface area contributed by atoms with Crippen LogP contribution in [-0.2, 0) is 26.2 Å². The zero-order valence-corrected chi connectivity index (χ0v) is 17.6. The Kier molecular flexibility index (Phi) is 4.39. The van der Waals surface area contributed by atoms with Crippen LogP contribution < -0.4 is 0 Å². The Balaban J connectivity index is 1.60. The molecule has 0 unspecified atom stereocenters. The van der Waals surface area contributed by atoms with Crippen molar-refractivity contribution in [1.29, 1.82) is 0 Å². The fourth-order valence-corrected chi connectivity index (χ4v) is 6.75. The maximum atomic E-state index is 11.3. The number of hydrogen-bond donors (Lipinski definition) is 1. The van der Waals surface area contributed by atoms with Gasteiger partial charge in [0.05, 0.1) is 13.2 Å². The van der Waals surface area contributed by atoms with Crippen LogP contribution in [0.1, 0.15) is 11.1 Å². The molecule has 1 spiro atoms. The fraction of sp³-hybridized carbons (Fsp3) is 0.111. The minimum Gasteiger partial charge on any atom is -0.503 e. The van der Waals surface area contributed by atoms with Crippen molar-refractivity contribution in [2.24, 2.45) is 0 Å². The van der Waals surface area contributed by atoms with E-state index in [0.717, 1.165) is 27.1 Å². The van der Waals surface area contributed by atoms with Gasteiger partial charge >= 0.3 is 0 Å². The Morgan fingerprint density at radius 2 is 1.23 bits per heavy atom. The molecule has 4 heteroatoms. The average Bonchev–Trinajstić information content (AvgIpc) is 3.41. The standard InChI is InChI=1S/C27H20O3S/c28-25-18-24-22(21-13-7-8-14-23(21)27(24)29-15-16-30-27)17-26(25)31(19-9-3-1-4-10-19)20-11-5-2-6-12-20/h1-14,17-18H,15-16H2/p+1. The van der Waals surface area contributed by atoms with Crippen LogP contribution in [0, 0.1) is 0 Å². The molecule has 4 aromatic carbocycles. The second kappa shape index (κ2) is 7.27. The topological polar surface area (TPSA) is 38.7 Å². The number of phenols is 1. The van der Waals surface area contributed by atoms with E-state index in [9.17, 15) is 5.11 Å². The van der Waals surface area contributed by atoms with Crippen LogP contribution in [0.5, 0.6) is 5.75 Å². The van der Waals surface area contributed by atoms with Crippen LogP contribution in [0.3, 0.4) is 0 Å². The lowest BCUT2D eigenvalue weighted by molar-refractivity contribution is -0.126. The molecule has 3 nitrogen and oxygen atoms in total. The van der Waals surface area contributed by atoms with Gasteiger partial charge < -0.3 is 14.6 Å². The number of phenolic OH excluding ortho intramolecular Hbond substituents is 1. The third-order valence-corrected chi connectivity index (χ3v) is 8.15. The van der Waals surface area contributed by atoms with Gasteiger partial charge in [0.1, 0.15) is 10.9 Å². The first-order chi connectivity index (χ1) is 15.3. The van der Waals surface area contributed by atoms with Crippen molar-refractivity contribution in [2.75, 3.05) is 13.2 Å². The van der Waals surface area contributed by atoms with Gasteiger partial charge in [-0.15, -0.1) is 0 Å². The van der Waals surface area contributed by atoms with Gasteiger partial charge in [0.2, 0.25) is 10.7 Å². The molecule has 0 bridgehead atoms. The molecular weight excluding hydrogens is 404 g/mol.